The third-order valence-electron chi connectivity index (χ3n) is 2.63. The lowest BCUT2D eigenvalue weighted by molar-refractivity contribution is 0.393. The average Bonchev–Trinajstić information content (AvgIpc) is 2.85. The highest BCUT2D eigenvalue weighted by Gasteiger charge is 2.16. The Bertz CT molecular complexity index is 470. The van der Waals surface area contributed by atoms with Crippen molar-refractivity contribution in [3.8, 4) is 10.6 Å². The topological polar surface area (TPSA) is 51.0 Å². The van der Waals surface area contributed by atoms with Crippen molar-refractivity contribution in [3.05, 3.63) is 22.5 Å². The molecule has 0 spiro atoms. The van der Waals surface area contributed by atoms with E-state index in [1.165, 1.54) is 4.88 Å². The molecule has 0 saturated carbocycles. The van der Waals surface area contributed by atoms with Crippen molar-refractivity contribution in [1.29, 1.82) is 0 Å². The van der Waals surface area contributed by atoms with Crippen LogP contribution in [0.4, 0.5) is 0 Å². The van der Waals surface area contributed by atoms with Gasteiger partial charge in [0.2, 0.25) is 0 Å². The summed E-state index contributed by atoms with van der Waals surface area (Å²) in [6.07, 6.45) is 1.91. The van der Waals surface area contributed by atoms with E-state index >= 15 is 0 Å². The summed E-state index contributed by atoms with van der Waals surface area (Å²) in [5.74, 6) is 0.829. The normalized spacial score (nSPS) is 13.0. The van der Waals surface area contributed by atoms with E-state index in [0.29, 0.717) is 6.04 Å². The third-order valence-corrected chi connectivity index (χ3v) is 3.83. The van der Waals surface area contributed by atoms with Crippen LogP contribution in [0, 0.1) is 13.8 Å². The van der Waals surface area contributed by atoms with E-state index < -0.39 is 0 Å². The number of rotatable bonds is 3. The first-order chi connectivity index (χ1) is 7.63. The Labute approximate surface area is 98.7 Å². The second-order valence-corrected chi connectivity index (χ2v) is 4.84. The highest BCUT2D eigenvalue weighted by Crippen LogP contribution is 2.32. The molecule has 0 saturated heterocycles. The Morgan fingerprint density at radius 2 is 2.19 bits per heavy atom. The second-order valence-electron chi connectivity index (χ2n) is 3.78. The number of hydrogen-bond donors (Lipinski definition) is 1. The summed E-state index contributed by atoms with van der Waals surface area (Å²) in [5, 5.41) is 8.12. The summed E-state index contributed by atoms with van der Waals surface area (Å²) < 4.78 is 5.15. The average molecular weight is 237 g/mol. The van der Waals surface area contributed by atoms with Crippen LogP contribution in [0.15, 0.2) is 10.7 Å². The molecule has 1 atom stereocenters. The molecular weight excluding hydrogens is 222 g/mol. The van der Waals surface area contributed by atoms with Crippen molar-refractivity contribution in [2.45, 2.75) is 26.8 Å². The molecule has 0 aliphatic heterocycles. The maximum Gasteiger partial charge on any atom is 0.144 e. The molecule has 0 aliphatic carbocycles. The first kappa shape index (κ1) is 11.3. The van der Waals surface area contributed by atoms with Crippen molar-refractivity contribution < 1.29 is 4.52 Å². The van der Waals surface area contributed by atoms with E-state index in [9.17, 15) is 0 Å². The quantitative estimate of drug-likeness (QED) is 0.891. The number of aryl methyl sites for hydroxylation is 2. The van der Waals surface area contributed by atoms with Gasteiger partial charge in [-0.15, -0.1) is 11.3 Å². The molecule has 1 unspecified atom stereocenters. The molecule has 5 heteroatoms. The highest BCUT2D eigenvalue weighted by atomic mass is 32.1. The van der Waals surface area contributed by atoms with Gasteiger partial charge in [-0.1, -0.05) is 5.16 Å². The smallest absolute Gasteiger partial charge is 0.144 e. The fourth-order valence-electron chi connectivity index (χ4n) is 1.53. The number of nitrogens with one attached hydrogen (secondary N) is 1. The SMILES string of the molecule is CNC(C)c1cnc(-c2c(C)noc2C)s1. The monoisotopic (exact) mass is 237 g/mol. The van der Waals surface area contributed by atoms with Crippen LogP contribution in [0.2, 0.25) is 0 Å². The van der Waals surface area contributed by atoms with E-state index in [4.69, 9.17) is 4.52 Å². The molecule has 0 fully saturated rings. The number of hydrogen-bond acceptors (Lipinski definition) is 5. The van der Waals surface area contributed by atoms with Crippen LogP contribution in [-0.2, 0) is 0 Å². The third kappa shape index (κ3) is 1.88. The minimum absolute atomic E-state index is 0.326. The Morgan fingerprint density at radius 1 is 1.44 bits per heavy atom. The van der Waals surface area contributed by atoms with Crippen LogP contribution >= 0.6 is 11.3 Å². The van der Waals surface area contributed by atoms with Gasteiger partial charge in [-0.3, -0.25) is 0 Å². The molecule has 86 valence electrons. The highest BCUT2D eigenvalue weighted by molar-refractivity contribution is 7.15. The van der Waals surface area contributed by atoms with Gasteiger partial charge in [0.1, 0.15) is 10.8 Å². The van der Waals surface area contributed by atoms with Gasteiger partial charge in [0.25, 0.3) is 0 Å². The zero-order valence-electron chi connectivity index (χ0n) is 9.87. The Kier molecular flexibility index (Phi) is 3.07. The van der Waals surface area contributed by atoms with E-state index in [2.05, 4.69) is 22.4 Å². The Morgan fingerprint density at radius 3 is 2.75 bits per heavy atom. The molecule has 0 bridgehead atoms. The number of thiazole rings is 1. The molecule has 0 aromatic carbocycles. The van der Waals surface area contributed by atoms with Crippen LogP contribution in [0.5, 0.6) is 0 Å². The molecule has 2 aromatic rings. The lowest BCUT2D eigenvalue weighted by Crippen LogP contribution is -2.10. The lowest BCUT2D eigenvalue weighted by atomic mass is 10.2. The first-order valence-corrected chi connectivity index (χ1v) is 6.01. The van der Waals surface area contributed by atoms with E-state index in [1.807, 2.05) is 27.1 Å². The molecule has 0 amide bonds. The maximum atomic E-state index is 5.15. The van der Waals surface area contributed by atoms with Crippen molar-refractivity contribution in [2.24, 2.45) is 0 Å². The van der Waals surface area contributed by atoms with Gasteiger partial charge < -0.3 is 9.84 Å². The summed E-state index contributed by atoms with van der Waals surface area (Å²) in [6.45, 7) is 5.97. The number of nitrogens with zero attached hydrogens (tertiary/aromatic N) is 2. The van der Waals surface area contributed by atoms with E-state index in [1.54, 1.807) is 11.3 Å². The van der Waals surface area contributed by atoms with Gasteiger partial charge in [0, 0.05) is 17.1 Å². The molecular formula is C11H15N3OS. The molecule has 16 heavy (non-hydrogen) atoms. The molecule has 1 N–H and O–H groups in total. The van der Waals surface area contributed by atoms with Crippen LogP contribution < -0.4 is 5.32 Å². The molecule has 2 aromatic heterocycles. The summed E-state index contributed by atoms with van der Waals surface area (Å²) in [4.78, 5) is 5.65. The van der Waals surface area contributed by atoms with Crippen molar-refractivity contribution >= 4 is 11.3 Å². The van der Waals surface area contributed by atoms with E-state index in [-0.39, 0.29) is 0 Å². The van der Waals surface area contributed by atoms with Gasteiger partial charge in [0.05, 0.1) is 11.3 Å². The predicted octanol–water partition coefficient (Wildman–Crippen LogP) is 2.70. The van der Waals surface area contributed by atoms with Crippen molar-refractivity contribution in [3.63, 3.8) is 0 Å². The van der Waals surface area contributed by atoms with Crippen LogP contribution in [0.1, 0.15) is 29.3 Å². The van der Waals surface area contributed by atoms with Crippen molar-refractivity contribution in [1.82, 2.24) is 15.5 Å². The lowest BCUT2D eigenvalue weighted by Gasteiger charge is -2.04. The van der Waals surface area contributed by atoms with Gasteiger partial charge >= 0.3 is 0 Å². The molecule has 2 heterocycles. The number of aromatic nitrogens is 2. The van der Waals surface area contributed by atoms with Gasteiger partial charge in [-0.25, -0.2) is 4.98 Å². The molecule has 0 aliphatic rings. The summed E-state index contributed by atoms with van der Waals surface area (Å²) in [7, 11) is 1.94. The molecule has 2 rings (SSSR count). The second kappa shape index (κ2) is 4.35. The van der Waals surface area contributed by atoms with Gasteiger partial charge in [-0.05, 0) is 27.8 Å². The standard InChI is InChI=1S/C11H15N3OS/c1-6(12-4)9-5-13-11(16-9)10-7(2)14-15-8(10)3/h5-6,12H,1-4H3. The summed E-state index contributed by atoms with van der Waals surface area (Å²) in [5.41, 5.74) is 1.93. The van der Waals surface area contributed by atoms with Crippen LogP contribution in [0.3, 0.4) is 0 Å². The predicted molar refractivity (Wildman–Crippen MR) is 64.6 cm³/mol. The summed E-state index contributed by atoms with van der Waals surface area (Å²) >= 11 is 1.68. The minimum Gasteiger partial charge on any atom is -0.361 e. The summed E-state index contributed by atoms with van der Waals surface area (Å²) in [6, 6.07) is 0.326. The Hall–Kier alpha value is -1.20. The zero-order valence-corrected chi connectivity index (χ0v) is 10.7. The largest absolute Gasteiger partial charge is 0.361 e. The Balaban J connectivity index is 2.39. The first-order valence-electron chi connectivity index (χ1n) is 5.19. The van der Waals surface area contributed by atoms with Crippen LogP contribution in [-0.4, -0.2) is 17.2 Å². The molecule has 4 nitrogen and oxygen atoms in total. The van der Waals surface area contributed by atoms with Gasteiger partial charge in [-0.2, -0.15) is 0 Å². The van der Waals surface area contributed by atoms with Crippen LogP contribution in [0.25, 0.3) is 10.6 Å². The molecule has 0 radical (unpaired) electrons. The van der Waals surface area contributed by atoms with E-state index in [0.717, 1.165) is 22.0 Å². The fourth-order valence-corrected chi connectivity index (χ4v) is 2.66. The maximum absolute atomic E-state index is 5.15. The fraction of sp³-hybridized carbons (Fsp3) is 0.455. The van der Waals surface area contributed by atoms with Gasteiger partial charge in [0.15, 0.2) is 0 Å². The van der Waals surface area contributed by atoms with Crippen molar-refractivity contribution in [2.75, 3.05) is 7.05 Å². The minimum atomic E-state index is 0.326. The zero-order chi connectivity index (χ0) is 11.7.